The van der Waals surface area contributed by atoms with Gasteiger partial charge in [0.25, 0.3) is 0 Å². The molecular formula is C28H24N2O2. The smallest absolute Gasteiger partial charge is 0.146 e. The predicted octanol–water partition coefficient (Wildman–Crippen LogP) is 6.56. The summed E-state index contributed by atoms with van der Waals surface area (Å²) in [6.07, 6.45) is 0. The Morgan fingerprint density at radius 2 is 1.00 bits per heavy atom. The van der Waals surface area contributed by atoms with E-state index >= 15 is 0 Å². The number of aromatic nitrogens is 2. The monoisotopic (exact) mass is 420 g/mol. The highest BCUT2D eigenvalue weighted by atomic mass is 16.5. The van der Waals surface area contributed by atoms with E-state index < -0.39 is 0 Å². The summed E-state index contributed by atoms with van der Waals surface area (Å²) in [7, 11) is 0. The molecule has 0 bridgehead atoms. The number of aryl methyl sites for hydroxylation is 2. The number of benzene rings is 3. The zero-order valence-corrected chi connectivity index (χ0v) is 18.2. The molecule has 0 amide bonds. The molecule has 3 aromatic carbocycles. The van der Waals surface area contributed by atoms with E-state index in [1.54, 1.807) is 0 Å². The second kappa shape index (κ2) is 8.67. The van der Waals surface area contributed by atoms with Gasteiger partial charge in [-0.1, -0.05) is 60.7 Å². The molecule has 0 fully saturated rings. The van der Waals surface area contributed by atoms with Crippen molar-refractivity contribution in [3.63, 3.8) is 0 Å². The number of nitrogens with zero attached hydrogens (tertiary/aromatic N) is 2. The van der Waals surface area contributed by atoms with Crippen molar-refractivity contribution in [3.8, 4) is 11.5 Å². The van der Waals surface area contributed by atoms with Crippen LogP contribution in [-0.4, -0.2) is 9.97 Å². The van der Waals surface area contributed by atoms with Gasteiger partial charge >= 0.3 is 0 Å². The Kier molecular flexibility index (Phi) is 5.42. The molecule has 0 saturated carbocycles. The van der Waals surface area contributed by atoms with Crippen LogP contribution < -0.4 is 9.47 Å². The summed E-state index contributed by atoms with van der Waals surface area (Å²) < 4.78 is 12.4. The lowest BCUT2D eigenvalue weighted by Crippen LogP contribution is -2.04. The number of rotatable bonds is 6. The minimum Gasteiger partial charge on any atom is -0.487 e. The van der Waals surface area contributed by atoms with Crippen LogP contribution in [0.3, 0.4) is 0 Å². The van der Waals surface area contributed by atoms with Crippen LogP contribution >= 0.6 is 0 Å². The number of para-hydroxylation sites is 2. The molecule has 32 heavy (non-hydrogen) atoms. The van der Waals surface area contributed by atoms with E-state index in [0.717, 1.165) is 55.8 Å². The fourth-order valence-corrected chi connectivity index (χ4v) is 3.82. The van der Waals surface area contributed by atoms with E-state index in [4.69, 9.17) is 9.47 Å². The molecule has 4 heteroatoms. The average Bonchev–Trinajstić information content (AvgIpc) is 2.82. The lowest BCUT2D eigenvalue weighted by Gasteiger charge is -2.14. The Balaban J connectivity index is 1.37. The number of pyridine rings is 2. The third-order valence-electron chi connectivity index (χ3n) is 5.53. The number of hydrogen-bond acceptors (Lipinski definition) is 4. The van der Waals surface area contributed by atoms with Gasteiger partial charge in [-0.15, -0.1) is 0 Å². The van der Waals surface area contributed by atoms with E-state index in [1.807, 2.05) is 62.4 Å². The van der Waals surface area contributed by atoms with Crippen LogP contribution in [0.15, 0.2) is 84.9 Å². The van der Waals surface area contributed by atoms with Crippen LogP contribution in [0.4, 0.5) is 0 Å². The minimum absolute atomic E-state index is 0.446. The molecule has 5 rings (SSSR count). The largest absolute Gasteiger partial charge is 0.487 e. The highest BCUT2D eigenvalue weighted by molar-refractivity contribution is 5.85. The summed E-state index contributed by atoms with van der Waals surface area (Å²) in [5.41, 5.74) is 5.89. The fourth-order valence-electron chi connectivity index (χ4n) is 3.82. The van der Waals surface area contributed by atoms with E-state index in [0.29, 0.717) is 13.2 Å². The molecule has 0 radical (unpaired) electrons. The fraction of sp³-hybridized carbons (Fsp3) is 0.143. The van der Waals surface area contributed by atoms with Crippen molar-refractivity contribution in [3.05, 3.63) is 107 Å². The molecule has 0 aliphatic carbocycles. The molecule has 2 heterocycles. The van der Waals surface area contributed by atoms with Crippen LogP contribution in [0.1, 0.15) is 22.5 Å². The Labute approximate surface area is 187 Å². The Morgan fingerprint density at radius 3 is 1.47 bits per heavy atom. The molecule has 0 aliphatic rings. The molecule has 2 aromatic heterocycles. The first-order chi connectivity index (χ1) is 15.7. The van der Waals surface area contributed by atoms with Crippen LogP contribution in [0.2, 0.25) is 0 Å². The van der Waals surface area contributed by atoms with Crippen LogP contribution in [0, 0.1) is 13.8 Å². The Hall–Kier alpha value is -3.92. The van der Waals surface area contributed by atoms with Crippen molar-refractivity contribution in [1.29, 1.82) is 0 Å². The van der Waals surface area contributed by atoms with Gasteiger partial charge < -0.3 is 9.47 Å². The molecule has 0 spiro atoms. The molecular weight excluding hydrogens is 396 g/mol. The first-order valence-corrected chi connectivity index (χ1v) is 10.7. The average molecular weight is 421 g/mol. The maximum absolute atomic E-state index is 6.21. The number of fused-ring (bicyclic) bond motifs is 2. The first kappa shape index (κ1) is 20.0. The zero-order chi connectivity index (χ0) is 21.9. The maximum Gasteiger partial charge on any atom is 0.146 e. The van der Waals surface area contributed by atoms with Crippen LogP contribution in [0.25, 0.3) is 21.8 Å². The van der Waals surface area contributed by atoms with Gasteiger partial charge in [0.15, 0.2) is 0 Å². The van der Waals surface area contributed by atoms with Gasteiger partial charge in [0.1, 0.15) is 35.7 Å². The van der Waals surface area contributed by atoms with E-state index in [1.165, 1.54) is 0 Å². The first-order valence-electron chi connectivity index (χ1n) is 10.7. The summed E-state index contributed by atoms with van der Waals surface area (Å²) in [5.74, 6) is 1.58. The lowest BCUT2D eigenvalue weighted by molar-refractivity contribution is 0.288. The topological polar surface area (TPSA) is 44.2 Å². The summed E-state index contributed by atoms with van der Waals surface area (Å²) >= 11 is 0. The van der Waals surface area contributed by atoms with Crippen molar-refractivity contribution in [2.24, 2.45) is 0 Å². The third-order valence-corrected chi connectivity index (χ3v) is 5.53. The van der Waals surface area contributed by atoms with Gasteiger partial charge in [-0.25, -0.2) is 9.97 Å². The quantitative estimate of drug-likeness (QED) is 0.312. The zero-order valence-electron chi connectivity index (χ0n) is 18.2. The normalized spacial score (nSPS) is 11.1. The predicted molar refractivity (Wildman–Crippen MR) is 128 cm³/mol. The molecule has 0 saturated heterocycles. The molecule has 0 unspecified atom stereocenters. The second-order valence-corrected chi connectivity index (χ2v) is 7.91. The molecule has 158 valence electrons. The van der Waals surface area contributed by atoms with Crippen molar-refractivity contribution in [1.82, 2.24) is 9.97 Å². The molecule has 0 aliphatic heterocycles. The van der Waals surface area contributed by atoms with Crippen molar-refractivity contribution in [2.45, 2.75) is 27.1 Å². The van der Waals surface area contributed by atoms with Crippen molar-refractivity contribution >= 4 is 21.8 Å². The van der Waals surface area contributed by atoms with E-state index in [-0.39, 0.29) is 0 Å². The van der Waals surface area contributed by atoms with Crippen LogP contribution in [0.5, 0.6) is 11.5 Å². The SMILES string of the molecule is Cc1ccc2cccc(OCc3ccccc3COc3cccc4ccc(C)nc34)c2n1. The third kappa shape index (κ3) is 4.12. The maximum atomic E-state index is 6.21. The highest BCUT2D eigenvalue weighted by Gasteiger charge is 2.09. The van der Waals surface area contributed by atoms with Gasteiger partial charge in [0.2, 0.25) is 0 Å². The van der Waals surface area contributed by atoms with Crippen molar-refractivity contribution < 1.29 is 9.47 Å². The summed E-state index contributed by atoms with van der Waals surface area (Å²) in [4.78, 5) is 9.33. The molecule has 0 atom stereocenters. The highest BCUT2D eigenvalue weighted by Crippen LogP contribution is 2.27. The Bertz CT molecular complexity index is 1300. The molecule has 0 N–H and O–H groups in total. The standard InChI is InChI=1S/C28H24N2O2/c1-19-13-15-21-9-5-11-25(27(21)29-19)31-17-23-7-3-4-8-24(23)18-32-26-12-6-10-22-16-14-20(2)30-28(22)26/h3-16H,17-18H2,1-2H3. The minimum atomic E-state index is 0.446. The number of hydrogen-bond donors (Lipinski definition) is 0. The summed E-state index contributed by atoms with van der Waals surface area (Å²) in [6, 6.07) is 28.4. The van der Waals surface area contributed by atoms with Gasteiger partial charge in [-0.3, -0.25) is 0 Å². The molecule has 5 aromatic rings. The van der Waals surface area contributed by atoms with E-state index in [9.17, 15) is 0 Å². The van der Waals surface area contributed by atoms with Gasteiger partial charge in [-0.2, -0.15) is 0 Å². The summed E-state index contributed by atoms with van der Waals surface area (Å²) in [5, 5.41) is 2.15. The van der Waals surface area contributed by atoms with Gasteiger partial charge in [0, 0.05) is 22.2 Å². The van der Waals surface area contributed by atoms with Crippen molar-refractivity contribution in [2.75, 3.05) is 0 Å². The lowest BCUT2D eigenvalue weighted by atomic mass is 10.1. The van der Waals surface area contributed by atoms with Gasteiger partial charge in [0.05, 0.1) is 0 Å². The number of ether oxygens (including phenoxy) is 2. The van der Waals surface area contributed by atoms with Gasteiger partial charge in [-0.05, 0) is 49.2 Å². The van der Waals surface area contributed by atoms with E-state index in [2.05, 4.69) is 46.4 Å². The Morgan fingerprint density at radius 1 is 0.531 bits per heavy atom. The van der Waals surface area contributed by atoms with Crippen LogP contribution in [-0.2, 0) is 13.2 Å². The molecule has 4 nitrogen and oxygen atoms in total. The summed E-state index contributed by atoms with van der Waals surface area (Å²) in [6.45, 7) is 4.88. The second-order valence-electron chi connectivity index (χ2n) is 7.91.